The molecule has 1 N–H and O–H groups in total. The van der Waals surface area contributed by atoms with Crippen LogP contribution in [0.15, 0.2) is 24.3 Å². The number of nitrogens with zero attached hydrogens (tertiary/aromatic N) is 2. The molecule has 0 saturated heterocycles. The van der Waals surface area contributed by atoms with Gasteiger partial charge in [0.15, 0.2) is 0 Å². The van der Waals surface area contributed by atoms with E-state index in [1.807, 2.05) is 18.2 Å². The molecule has 2 aliphatic rings. The number of fused-ring (bicyclic) bond motifs is 3. The largest absolute Gasteiger partial charge is 0.481 e. The molecule has 30 heavy (non-hydrogen) atoms. The standard InChI is InChI=1S/C23H32N2O4S/c1-16-7-10-18(11-8-16)30(28,29)24(2)17-9-12-22-20(15-17)19-5-3-4-6-21(19)25(22)14-13-23(26)27/h3-6,16-18H,7-15H2,1-2H3,(H,26,27). The summed E-state index contributed by atoms with van der Waals surface area (Å²) in [5.74, 6) is -0.182. The second-order valence-corrected chi connectivity index (χ2v) is 11.4. The molecule has 1 unspecified atom stereocenters. The molecule has 0 bridgehead atoms. The molecule has 1 fully saturated rings. The van der Waals surface area contributed by atoms with E-state index in [-0.39, 0.29) is 17.7 Å². The van der Waals surface area contributed by atoms with E-state index in [4.69, 9.17) is 5.11 Å². The van der Waals surface area contributed by atoms with Crippen molar-refractivity contribution in [2.45, 2.75) is 76.1 Å². The van der Waals surface area contributed by atoms with Gasteiger partial charge in [0, 0.05) is 36.2 Å². The summed E-state index contributed by atoms with van der Waals surface area (Å²) < 4.78 is 30.4. The quantitative estimate of drug-likeness (QED) is 0.753. The molecule has 1 heterocycles. The zero-order valence-corrected chi connectivity index (χ0v) is 18.7. The summed E-state index contributed by atoms with van der Waals surface area (Å²) in [5.41, 5.74) is 3.41. The Labute approximate surface area is 178 Å². The fraction of sp³-hybridized carbons (Fsp3) is 0.609. The number of sulfonamides is 1. The number of carbonyl (C=O) groups is 1. The summed E-state index contributed by atoms with van der Waals surface area (Å²) in [5, 5.41) is 10.0. The van der Waals surface area contributed by atoms with Crippen LogP contribution in [0.3, 0.4) is 0 Å². The van der Waals surface area contributed by atoms with Crippen molar-refractivity contribution < 1.29 is 18.3 Å². The molecule has 2 aromatic rings. The van der Waals surface area contributed by atoms with Crippen LogP contribution in [-0.2, 0) is 34.2 Å². The van der Waals surface area contributed by atoms with E-state index in [2.05, 4.69) is 17.6 Å². The van der Waals surface area contributed by atoms with Gasteiger partial charge in [-0.2, -0.15) is 0 Å². The van der Waals surface area contributed by atoms with Crippen LogP contribution in [-0.4, -0.2) is 46.7 Å². The van der Waals surface area contributed by atoms with Crippen LogP contribution in [0, 0.1) is 5.92 Å². The fourth-order valence-corrected chi connectivity index (χ4v) is 7.26. The van der Waals surface area contributed by atoms with Gasteiger partial charge in [0.2, 0.25) is 10.0 Å². The zero-order valence-electron chi connectivity index (χ0n) is 17.9. The van der Waals surface area contributed by atoms with E-state index in [1.54, 1.807) is 11.4 Å². The minimum atomic E-state index is -3.31. The van der Waals surface area contributed by atoms with Crippen LogP contribution in [0.1, 0.15) is 56.7 Å². The van der Waals surface area contributed by atoms with Gasteiger partial charge < -0.3 is 9.67 Å². The maximum absolute atomic E-state index is 13.3. The Kier molecular flexibility index (Phi) is 5.95. The highest BCUT2D eigenvalue weighted by Gasteiger charge is 2.38. The molecule has 0 aliphatic heterocycles. The van der Waals surface area contributed by atoms with Gasteiger partial charge in [-0.15, -0.1) is 0 Å². The molecule has 4 rings (SSSR count). The first-order valence-electron chi connectivity index (χ1n) is 11.1. The van der Waals surface area contributed by atoms with Gasteiger partial charge in [0.05, 0.1) is 11.7 Å². The van der Waals surface area contributed by atoms with E-state index in [0.29, 0.717) is 18.9 Å². The topological polar surface area (TPSA) is 79.6 Å². The fourth-order valence-electron chi connectivity index (χ4n) is 5.33. The summed E-state index contributed by atoms with van der Waals surface area (Å²) in [6.07, 6.45) is 5.83. The van der Waals surface area contributed by atoms with E-state index < -0.39 is 16.0 Å². The van der Waals surface area contributed by atoms with Gasteiger partial charge in [-0.3, -0.25) is 4.79 Å². The number of benzene rings is 1. The molecule has 1 saturated carbocycles. The minimum absolute atomic E-state index is 0.0411. The van der Waals surface area contributed by atoms with Gasteiger partial charge in [0.25, 0.3) is 0 Å². The number of hydrogen-bond donors (Lipinski definition) is 1. The van der Waals surface area contributed by atoms with Gasteiger partial charge in [0.1, 0.15) is 0 Å². The van der Waals surface area contributed by atoms with Crippen molar-refractivity contribution >= 4 is 26.9 Å². The first-order valence-corrected chi connectivity index (χ1v) is 12.6. The molecule has 164 valence electrons. The number of likely N-dealkylation sites (N-methyl/N-ethyl adjacent to an activating group) is 1. The third kappa shape index (κ3) is 3.89. The second kappa shape index (κ2) is 8.35. The Morgan fingerprint density at radius 1 is 1.17 bits per heavy atom. The smallest absolute Gasteiger partial charge is 0.305 e. The third-order valence-electron chi connectivity index (χ3n) is 7.20. The Morgan fingerprint density at radius 3 is 2.57 bits per heavy atom. The Balaban J connectivity index is 1.60. The van der Waals surface area contributed by atoms with E-state index in [0.717, 1.165) is 49.4 Å². The number of aliphatic carboxylic acids is 1. The van der Waals surface area contributed by atoms with E-state index >= 15 is 0 Å². The first-order chi connectivity index (χ1) is 14.3. The van der Waals surface area contributed by atoms with Gasteiger partial charge in [-0.25, -0.2) is 12.7 Å². The Hall–Kier alpha value is -1.86. The lowest BCUT2D eigenvalue weighted by molar-refractivity contribution is -0.137. The van der Waals surface area contributed by atoms with Gasteiger partial charge in [-0.1, -0.05) is 25.1 Å². The van der Waals surface area contributed by atoms with Crippen molar-refractivity contribution in [1.82, 2.24) is 8.87 Å². The maximum Gasteiger partial charge on any atom is 0.305 e. The molecule has 0 radical (unpaired) electrons. The van der Waals surface area contributed by atoms with Gasteiger partial charge >= 0.3 is 5.97 Å². The number of carboxylic acids is 1. The molecule has 6 nitrogen and oxygen atoms in total. The number of aromatic nitrogens is 1. The molecule has 1 atom stereocenters. The number of carboxylic acid groups (broad SMARTS) is 1. The van der Waals surface area contributed by atoms with Crippen molar-refractivity contribution in [1.29, 1.82) is 0 Å². The lowest BCUT2D eigenvalue weighted by Crippen LogP contribution is -2.45. The second-order valence-electron chi connectivity index (χ2n) is 9.08. The lowest BCUT2D eigenvalue weighted by Gasteiger charge is -2.35. The number of aryl methyl sites for hydroxylation is 1. The normalized spacial score (nSPS) is 24.8. The molecule has 1 aromatic heterocycles. The maximum atomic E-state index is 13.3. The Morgan fingerprint density at radius 2 is 1.87 bits per heavy atom. The average molecular weight is 433 g/mol. The van der Waals surface area contributed by atoms with E-state index in [1.165, 1.54) is 11.3 Å². The van der Waals surface area contributed by atoms with Crippen LogP contribution in [0.5, 0.6) is 0 Å². The molecular formula is C23H32N2O4S. The summed E-state index contributed by atoms with van der Waals surface area (Å²) in [7, 11) is -1.55. The molecule has 0 amide bonds. The Bertz CT molecular complexity index is 1030. The monoisotopic (exact) mass is 432 g/mol. The first kappa shape index (κ1) is 21.4. The predicted molar refractivity (Wildman–Crippen MR) is 118 cm³/mol. The summed E-state index contributed by atoms with van der Waals surface area (Å²) in [4.78, 5) is 11.1. The average Bonchev–Trinajstić information content (AvgIpc) is 3.05. The number of hydrogen-bond acceptors (Lipinski definition) is 3. The molecule has 1 aromatic carbocycles. The predicted octanol–water partition coefficient (Wildman–Crippen LogP) is 3.81. The lowest BCUT2D eigenvalue weighted by atomic mass is 9.91. The molecular weight excluding hydrogens is 400 g/mol. The zero-order chi connectivity index (χ0) is 21.5. The number of rotatable bonds is 6. The van der Waals surface area contributed by atoms with Crippen LogP contribution >= 0.6 is 0 Å². The van der Waals surface area contributed by atoms with Crippen molar-refractivity contribution in [2.75, 3.05) is 7.05 Å². The van der Waals surface area contributed by atoms with Crippen LogP contribution in [0.25, 0.3) is 10.9 Å². The highest BCUT2D eigenvalue weighted by Crippen LogP contribution is 2.36. The minimum Gasteiger partial charge on any atom is -0.481 e. The highest BCUT2D eigenvalue weighted by molar-refractivity contribution is 7.89. The summed E-state index contributed by atoms with van der Waals surface area (Å²) in [6.45, 7) is 2.65. The van der Waals surface area contributed by atoms with Crippen molar-refractivity contribution in [3.05, 3.63) is 35.5 Å². The van der Waals surface area contributed by atoms with Crippen molar-refractivity contribution in [2.24, 2.45) is 5.92 Å². The summed E-state index contributed by atoms with van der Waals surface area (Å²) >= 11 is 0. The molecule has 7 heteroatoms. The third-order valence-corrected chi connectivity index (χ3v) is 9.61. The van der Waals surface area contributed by atoms with Crippen molar-refractivity contribution in [3.8, 4) is 0 Å². The van der Waals surface area contributed by atoms with Crippen molar-refractivity contribution in [3.63, 3.8) is 0 Å². The number of para-hydroxylation sites is 1. The van der Waals surface area contributed by atoms with Crippen LogP contribution in [0.2, 0.25) is 0 Å². The van der Waals surface area contributed by atoms with Crippen LogP contribution < -0.4 is 0 Å². The SMILES string of the molecule is CC1CCC(S(=O)(=O)N(C)C2CCc3c(c4ccccc4n3CCC(=O)O)C2)CC1. The van der Waals surface area contributed by atoms with E-state index in [9.17, 15) is 13.2 Å². The van der Waals surface area contributed by atoms with Gasteiger partial charge in [-0.05, 0) is 62.5 Å². The highest BCUT2D eigenvalue weighted by atomic mass is 32.2. The molecule has 0 spiro atoms. The summed E-state index contributed by atoms with van der Waals surface area (Å²) in [6, 6.07) is 8.04. The van der Waals surface area contributed by atoms with Crippen LogP contribution in [0.4, 0.5) is 0 Å². The molecule has 2 aliphatic carbocycles.